The number of piperazine rings is 1. The molecular formula is C24H29ClN4O2S. The number of aryl methyl sites for hydroxylation is 1. The van der Waals surface area contributed by atoms with Crippen molar-refractivity contribution in [3.63, 3.8) is 0 Å². The first-order valence-corrected chi connectivity index (χ1v) is 11.4. The number of nitrogens with one attached hydrogen (secondary N) is 2. The number of rotatable bonds is 3. The SMILES string of the molecule is Cc1ccc(C(=O)NC(=S)Nc2ccc(N3CCN(C(=O)C(C)(C)C)CC3)cc2)cc1Cl. The van der Waals surface area contributed by atoms with E-state index >= 15 is 0 Å². The van der Waals surface area contributed by atoms with Crippen molar-refractivity contribution < 1.29 is 9.59 Å². The highest BCUT2D eigenvalue weighted by Crippen LogP contribution is 2.23. The zero-order valence-electron chi connectivity index (χ0n) is 18.9. The molecule has 0 aliphatic carbocycles. The Morgan fingerprint density at radius 1 is 1.00 bits per heavy atom. The Kier molecular flexibility index (Phi) is 7.41. The van der Waals surface area contributed by atoms with Gasteiger partial charge in [0, 0.05) is 53.6 Å². The number of anilines is 2. The second-order valence-corrected chi connectivity index (χ2v) is 9.76. The number of benzene rings is 2. The Bertz CT molecular complexity index is 1010. The largest absolute Gasteiger partial charge is 0.368 e. The van der Waals surface area contributed by atoms with Crippen LogP contribution in [0.2, 0.25) is 5.02 Å². The second kappa shape index (κ2) is 9.88. The lowest BCUT2D eigenvalue weighted by Gasteiger charge is -2.38. The topological polar surface area (TPSA) is 64.7 Å². The minimum absolute atomic E-state index is 0.195. The normalized spacial score (nSPS) is 14.2. The van der Waals surface area contributed by atoms with Gasteiger partial charge in [-0.3, -0.25) is 14.9 Å². The van der Waals surface area contributed by atoms with Crippen LogP contribution in [0.25, 0.3) is 0 Å². The number of thiocarbonyl (C=S) groups is 1. The Morgan fingerprint density at radius 2 is 1.62 bits per heavy atom. The van der Waals surface area contributed by atoms with Crippen molar-refractivity contribution in [2.24, 2.45) is 5.41 Å². The van der Waals surface area contributed by atoms with E-state index in [-0.39, 0.29) is 22.3 Å². The van der Waals surface area contributed by atoms with E-state index in [0.717, 1.165) is 43.1 Å². The summed E-state index contributed by atoms with van der Waals surface area (Å²) in [7, 11) is 0. The van der Waals surface area contributed by atoms with E-state index in [9.17, 15) is 9.59 Å². The van der Waals surface area contributed by atoms with E-state index < -0.39 is 0 Å². The van der Waals surface area contributed by atoms with Crippen LogP contribution in [0.1, 0.15) is 36.7 Å². The van der Waals surface area contributed by atoms with Crippen LogP contribution in [-0.2, 0) is 4.79 Å². The monoisotopic (exact) mass is 472 g/mol. The van der Waals surface area contributed by atoms with Crippen LogP contribution in [0.15, 0.2) is 42.5 Å². The molecule has 0 unspecified atom stereocenters. The zero-order chi connectivity index (χ0) is 23.5. The second-order valence-electron chi connectivity index (χ2n) is 8.95. The Morgan fingerprint density at radius 3 is 2.19 bits per heavy atom. The molecule has 0 saturated carbocycles. The molecule has 1 heterocycles. The maximum atomic E-state index is 12.5. The van der Waals surface area contributed by atoms with Gasteiger partial charge in [-0.1, -0.05) is 38.4 Å². The molecule has 2 N–H and O–H groups in total. The number of nitrogens with zero attached hydrogens (tertiary/aromatic N) is 2. The fourth-order valence-electron chi connectivity index (χ4n) is 3.47. The molecule has 1 aliphatic heterocycles. The van der Waals surface area contributed by atoms with Crippen molar-refractivity contribution in [1.82, 2.24) is 10.2 Å². The number of carbonyl (C=O) groups excluding carboxylic acids is 2. The fourth-order valence-corrected chi connectivity index (χ4v) is 3.86. The van der Waals surface area contributed by atoms with Gasteiger partial charge in [0.15, 0.2) is 5.11 Å². The first-order chi connectivity index (χ1) is 15.0. The Labute approximate surface area is 199 Å². The Balaban J connectivity index is 1.52. The molecule has 170 valence electrons. The average Bonchev–Trinajstić information content (AvgIpc) is 2.75. The van der Waals surface area contributed by atoms with E-state index in [0.29, 0.717) is 10.6 Å². The van der Waals surface area contributed by atoms with Gasteiger partial charge in [-0.25, -0.2) is 0 Å². The maximum Gasteiger partial charge on any atom is 0.257 e. The number of halogens is 1. The molecule has 2 aromatic carbocycles. The van der Waals surface area contributed by atoms with Crippen LogP contribution in [0.4, 0.5) is 11.4 Å². The van der Waals surface area contributed by atoms with E-state index in [1.165, 1.54) is 0 Å². The van der Waals surface area contributed by atoms with Crippen LogP contribution in [0.3, 0.4) is 0 Å². The lowest BCUT2D eigenvalue weighted by atomic mass is 9.94. The predicted octanol–water partition coefficient (Wildman–Crippen LogP) is 4.47. The molecule has 0 spiro atoms. The highest BCUT2D eigenvalue weighted by molar-refractivity contribution is 7.80. The van der Waals surface area contributed by atoms with Crippen molar-refractivity contribution >= 4 is 52.1 Å². The lowest BCUT2D eigenvalue weighted by molar-refractivity contribution is -0.139. The van der Waals surface area contributed by atoms with Crippen molar-refractivity contribution in [2.75, 3.05) is 36.4 Å². The van der Waals surface area contributed by atoms with E-state index in [2.05, 4.69) is 15.5 Å². The fraction of sp³-hybridized carbons (Fsp3) is 0.375. The van der Waals surface area contributed by atoms with Gasteiger partial charge in [-0.15, -0.1) is 0 Å². The Hall–Kier alpha value is -2.64. The summed E-state index contributed by atoms with van der Waals surface area (Å²) >= 11 is 11.4. The highest BCUT2D eigenvalue weighted by atomic mass is 35.5. The maximum absolute atomic E-state index is 12.5. The van der Waals surface area contributed by atoms with Crippen molar-refractivity contribution in [1.29, 1.82) is 0 Å². The lowest BCUT2D eigenvalue weighted by Crippen LogP contribution is -2.51. The molecule has 8 heteroatoms. The molecule has 1 saturated heterocycles. The molecular weight excluding hydrogens is 444 g/mol. The smallest absolute Gasteiger partial charge is 0.257 e. The summed E-state index contributed by atoms with van der Waals surface area (Å²) in [6.45, 7) is 10.8. The molecule has 2 aromatic rings. The van der Waals surface area contributed by atoms with Gasteiger partial charge < -0.3 is 15.1 Å². The van der Waals surface area contributed by atoms with E-state index in [1.54, 1.807) is 18.2 Å². The number of hydrogen-bond acceptors (Lipinski definition) is 4. The van der Waals surface area contributed by atoms with Gasteiger partial charge in [-0.05, 0) is 61.1 Å². The molecule has 1 aliphatic rings. The third-order valence-corrected chi connectivity index (χ3v) is 5.97. The summed E-state index contributed by atoms with van der Waals surface area (Å²) < 4.78 is 0. The van der Waals surface area contributed by atoms with Crippen LogP contribution in [0.5, 0.6) is 0 Å². The van der Waals surface area contributed by atoms with Gasteiger partial charge in [0.05, 0.1) is 0 Å². The summed E-state index contributed by atoms with van der Waals surface area (Å²) in [5, 5.41) is 6.46. The summed E-state index contributed by atoms with van der Waals surface area (Å²) in [5.74, 6) is -0.121. The summed E-state index contributed by atoms with van der Waals surface area (Å²) in [4.78, 5) is 29.0. The highest BCUT2D eigenvalue weighted by Gasteiger charge is 2.29. The first kappa shape index (κ1) is 24.0. The third-order valence-electron chi connectivity index (χ3n) is 5.36. The predicted molar refractivity (Wildman–Crippen MR) is 135 cm³/mol. The van der Waals surface area contributed by atoms with Crippen molar-refractivity contribution in [3.05, 3.63) is 58.6 Å². The van der Waals surface area contributed by atoms with E-state index in [1.807, 2.05) is 56.9 Å². The van der Waals surface area contributed by atoms with Crippen LogP contribution in [-0.4, -0.2) is 48.0 Å². The van der Waals surface area contributed by atoms with Gasteiger partial charge >= 0.3 is 0 Å². The molecule has 0 bridgehead atoms. The zero-order valence-corrected chi connectivity index (χ0v) is 20.4. The van der Waals surface area contributed by atoms with Gasteiger partial charge in [0.2, 0.25) is 5.91 Å². The summed E-state index contributed by atoms with van der Waals surface area (Å²) in [6.07, 6.45) is 0. The van der Waals surface area contributed by atoms with Crippen LogP contribution >= 0.6 is 23.8 Å². The molecule has 2 amide bonds. The molecule has 0 aromatic heterocycles. The number of amides is 2. The molecule has 6 nitrogen and oxygen atoms in total. The van der Waals surface area contributed by atoms with Gasteiger partial charge in [-0.2, -0.15) is 0 Å². The van der Waals surface area contributed by atoms with Crippen LogP contribution in [0, 0.1) is 12.3 Å². The average molecular weight is 473 g/mol. The van der Waals surface area contributed by atoms with Gasteiger partial charge in [0.25, 0.3) is 5.91 Å². The molecule has 3 rings (SSSR count). The standard InChI is InChI=1S/C24H29ClN4O2S/c1-16-5-6-17(15-20(16)25)21(30)27-23(32)26-18-7-9-19(10-8-18)28-11-13-29(14-12-28)22(31)24(2,3)4/h5-10,15H,11-14H2,1-4H3,(H2,26,27,30,32). The number of carbonyl (C=O) groups is 2. The van der Waals surface area contributed by atoms with Gasteiger partial charge in [0.1, 0.15) is 0 Å². The third kappa shape index (κ3) is 5.99. The first-order valence-electron chi connectivity index (χ1n) is 10.6. The molecule has 1 fully saturated rings. The molecule has 32 heavy (non-hydrogen) atoms. The summed E-state index contributed by atoms with van der Waals surface area (Å²) in [6, 6.07) is 13.0. The van der Waals surface area contributed by atoms with Crippen molar-refractivity contribution in [2.45, 2.75) is 27.7 Å². The minimum atomic E-state index is -0.352. The van der Waals surface area contributed by atoms with E-state index in [4.69, 9.17) is 23.8 Å². The molecule has 0 radical (unpaired) electrons. The van der Waals surface area contributed by atoms with Crippen LogP contribution < -0.4 is 15.5 Å². The minimum Gasteiger partial charge on any atom is -0.368 e. The van der Waals surface area contributed by atoms with Crippen molar-refractivity contribution in [3.8, 4) is 0 Å². The molecule has 0 atom stereocenters. The quantitative estimate of drug-likeness (QED) is 0.645. The summed E-state index contributed by atoms with van der Waals surface area (Å²) in [5.41, 5.74) is 2.87. The number of hydrogen-bond donors (Lipinski definition) is 2.